The lowest BCUT2D eigenvalue weighted by Crippen LogP contribution is -1.99. The topological polar surface area (TPSA) is 49.7 Å². The largest absolute Gasteiger partial charge is 0.385 e. The monoisotopic (exact) mass is 238 g/mol. The standard InChI is InChI=1S/C14H22O3/c1-3-7-13(15)9-5-11-17-12-6-10-14(16)8-4-2/h3-10,13-16H,11-12H2,1-2H3. The smallest absolute Gasteiger partial charge is 0.0903 e. The highest BCUT2D eigenvalue weighted by Gasteiger charge is 1.90. The van der Waals surface area contributed by atoms with Gasteiger partial charge in [0.1, 0.15) is 0 Å². The van der Waals surface area contributed by atoms with E-state index < -0.39 is 12.2 Å². The number of hydrogen-bond acceptors (Lipinski definition) is 3. The fourth-order valence-corrected chi connectivity index (χ4v) is 1.12. The van der Waals surface area contributed by atoms with E-state index in [2.05, 4.69) is 0 Å². The Kier molecular flexibility index (Phi) is 10.6. The summed E-state index contributed by atoms with van der Waals surface area (Å²) in [4.78, 5) is 0. The predicted octanol–water partition coefficient (Wildman–Crippen LogP) is 1.99. The molecule has 0 saturated heterocycles. The minimum Gasteiger partial charge on any atom is -0.385 e. The first-order valence-corrected chi connectivity index (χ1v) is 5.73. The molecule has 0 aliphatic heterocycles. The molecule has 0 amide bonds. The third kappa shape index (κ3) is 11.1. The highest BCUT2D eigenvalue weighted by molar-refractivity contribution is 5.01. The van der Waals surface area contributed by atoms with Crippen LogP contribution in [0.5, 0.6) is 0 Å². The van der Waals surface area contributed by atoms with Crippen LogP contribution in [0.2, 0.25) is 0 Å². The van der Waals surface area contributed by atoms with Crippen molar-refractivity contribution < 1.29 is 14.9 Å². The lowest BCUT2D eigenvalue weighted by atomic mass is 10.3. The molecule has 0 saturated carbocycles. The van der Waals surface area contributed by atoms with E-state index >= 15 is 0 Å². The lowest BCUT2D eigenvalue weighted by Gasteiger charge is -1.99. The van der Waals surface area contributed by atoms with Crippen molar-refractivity contribution in [3.63, 3.8) is 0 Å². The molecule has 3 heteroatoms. The van der Waals surface area contributed by atoms with Crippen LogP contribution in [-0.2, 0) is 4.74 Å². The maximum absolute atomic E-state index is 9.30. The summed E-state index contributed by atoms with van der Waals surface area (Å²) in [7, 11) is 0. The Bertz CT molecular complexity index is 249. The molecule has 0 aliphatic rings. The fraction of sp³-hybridized carbons (Fsp3) is 0.429. The van der Waals surface area contributed by atoms with Gasteiger partial charge < -0.3 is 14.9 Å². The zero-order valence-electron chi connectivity index (χ0n) is 10.5. The molecule has 0 heterocycles. The van der Waals surface area contributed by atoms with Crippen molar-refractivity contribution in [1.29, 1.82) is 0 Å². The van der Waals surface area contributed by atoms with E-state index in [0.717, 1.165) is 0 Å². The number of rotatable bonds is 8. The highest BCUT2D eigenvalue weighted by Crippen LogP contribution is 1.91. The van der Waals surface area contributed by atoms with Gasteiger partial charge in [0.15, 0.2) is 0 Å². The molecule has 17 heavy (non-hydrogen) atoms. The minimum absolute atomic E-state index is 0.443. The maximum Gasteiger partial charge on any atom is 0.0903 e. The number of hydrogen-bond donors (Lipinski definition) is 2. The Morgan fingerprint density at radius 1 is 0.824 bits per heavy atom. The fourth-order valence-electron chi connectivity index (χ4n) is 1.12. The maximum atomic E-state index is 9.30. The summed E-state index contributed by atoms with van der Waals surface area (Å²) in [5.41, 5.74) is 0. The molecule has 0 bridgehead atoms. The van der Waals surface area contributed by atoms with Gasteiger partial charge in [-0.25, -0.2) is 0 Å². The third-order valence-electron chi connectivity index (χ3n) is 1.87. The van der Waals surface area contributed by atoms with Crippen molar-refractivity contribution in [2.45, 2.75) is 26.1 Å². The Hall–Kier alpha value is -1.16. The van der Waals surface area contributed by atoms with Crippen molar-refractivity contribution in [3.05, 3.63) is 48.6 Å². The van der Waals surface area contributed by atoms with Gasteiger partial charge in [-0.15, -0.1) is 0 Å². The molecular weight excluding hydrogens is 216 g/mol. The molecule has 0 aromatic carbocycles. The molecule has 0 aromatic rings. The number of allylic oxidation sites excluding steroid dienone is 2. The van der Waals surface area contributed by atoms with Gasteiger partial charge in [0.2, 0.25) is 0 Å². The molecule has 96 valence electrons. The number of aliphatic hydroxyl groups is 2. The summed E-state index contributed by atoms with van der Waals surface area (Å²) >= 11 is 0. The van der Waals surface area contributed by atoms with Crippen LogP contribution in [0.3, 0.4) is 0 Å². The zero-order valence-corrected chi connectivity index (χ0v) is 10.5. The van der Waals surface area contributed by atoms with Crippen LogP contribution in [0, 0.1) is 0 Å². The van der Waals surface area contributed by atoms with Crippen LogP contribution in [0.15, 0.2) is 48.6 Å². The lowest BCUT2D eigenvalue weighted by molar-refractivity contribution is 0.190. The molecule has 0 aliphatic carbocycles. The summed E-state index contributed by atoms with van der Waals surface area (Å²) in [6.07, 6.45) is 12.7. The number of ether oxygens (including phenoxy) is 1. The second-order valence-corrected chi connectivity index (χ2v) is 3.43. The average molecular weight is 238 g/mol. The molecule has 0 aromatic heterocycles. The molecular formula is C14H22O3. The van der Waals surface area contributed by atoms with E-state index in [0.29, 0.717) is 13.2 Å². The van der Waals surface area contributed by atoms with Crippen molar-refractivity contribution in [3.8, 4) is 0 Å². The van der Waals surface area contributed by atoms with Crippen molar-refractivity contribution in [1.82, 2.24) is 0 Å². The summed E-state index contributed by atoms with van der Waals surface area (Å²) in [6.45, 7) is 4.60. The molecule has 0 radical (unpaired) electrons. The van der Waals surface area contributed by atoms with Crippen LogP contribution in [0.4, 0.5) is 0 Å². The molecule has 0 fully saturated rings. The van der Waals surface area contributed by atoms with Gasteiger partial charge in [0.25, 0.3) is 0 Å². The quantitative estimate of drug-likeness (QED) is 0.502. The first-order chi connectivity index (χ1) is 8.20. The average Bonchev–Trinajstić information content (AvgIpc) is 2.28. The second-order valence-electron chi connectivity index (χ2n) is 3.43. The molecule has 3 nitrogen and oxygen atoms in total. The summed E-state index contributed by atoms with van der Waals surface area (Å²) in [5.74, 6) is 0. The summed E-state index contributed by atoms with van der Waals surface area (Å²) < 4.78 is 5.25. The first kappa shape index (κ1) is 15.8. The van der Waals surface area contributed by atoms with Crippen LogP contribution < -0.4 is 0 Å². The van der Waals surface area contributed by atoms with Crippen LogP contribution in [0.1, 0.15) is 13.8 Å². The molecule has 2 N–H and O–H groups in total. The first-order valence-electron chi connectivity index (χ1n) is 5.73. The van der Waals surface area contributed by atoms with Gasteiger partial charge in [0.05, 0.1) is 25.4 Å². The second kappa shape index (κ2) is 11.3. The molecule has 2 unspecified atom stereocenters. The van der Waals surface area contributed by atoms with Gasteiger partial charge in [0, 0.05) is 0 Å². The van der Waals surface area contributed by atoms with Crippen molar-refractivity contribution in [2.24, 2.45) is 0 Å². The van der Waals surface area contributed by atoms with E-state index in [4.69, 9.17) is 4.74 Å². The SMILES string of the molecule is CC=CC(O)C=CCOCC=CC(O)C=CC. The van der Waals surface area contributed by atoms with Crippen LogP contribution in [-0.4, -0.2) is 35.6 Å². The normalized spacial score (nSPS) is 16.7. The van der Waals surface area contributed by atoms with Gasteiger partial charge in [-0.1, -0.05) is 48.6 Å². The van der Waals surface area contributed by atoms with Gasteiger partial charge in [-0.3, -0.25) is 0 Å². The zero-order chi connectivity index (χ0) is 12.9. The van der Waals surface area contributed by atoms with E-state index in [1.807, 2.05) is 13.8 Å². The van der Waals surface area contributed by atoms with Crippen LogP contribution in [0.25, 0.3) is 0 Å². The predicted molar refractivity (Wildman–Crippen MR) is 70.7 cm³/mol. The van der Waals surface area contributed by atoms with Gasteiger partial charge >= 0.3 is 0 Å². The van der Waals surface area contributed by atoms with Crippen LogP contribution >= 0.6 is 0 Å². The Labute approximate surface area is 103 Å². The van der Waals surface area contributed by atoms with Gasteiger partial charge in [-0.05, 0) is 13.8 Å². The van der Waals surface area contributed by atoms with Gasteiger partial charge in [-0.2, -0.15) is 0 Å². The Balaban J connectivity index is 3.58. The van der Waals surface area contributed by atoms with E-state index in [-0.39, 0.29) is 0 Å². The summed E-state index contributed by atoms with van der Waals surface area (Å²) in [6, 6.07) is 0. The Morgan fingerprint density at radius 2 is 1.24 bits per heavy atom. The van der Waals surface area contributed by atoms with E-state index in [1.165, 1.54) is 0 Å². The molecule has 0 rings (SSSR count). The van der Waals surface area contributed by atoms with Crippen molar-refractivity contribution in [2.75, 3.05) is 13.2 Å². The third-order valence-corrected chi connectivity index (χ3v) is 1.87. The highest BCUT2D eigenvalue weighted by atomic mass is 16.5. The van der Waals surface area contributed by atoms with E-state index in [1.54, 1.807) is 48.6 Å². The van der Waals surface area contributed by atoms with Crippen molar-refractivity contribution >= 4 is 0 Å². The molecule has 2 atom stereocenters. The molecule has 0 spiro atoms. The Morgan fingerprint density at radius 3 is 1.59 bits per heavy atom. The van der Waals surface area contributed by atoms with E-state index in [9.17, 15) is 10.2 Å². The minimum atomic E-state index is -0.546. The summed E-state index contributed by atoms with van der Waals surface area (Å²) in [5, 5.41) is 18.6. The number of aliphatic hydroxyl groups excluding tert-OH is 2.